The zero-order chi connectivity index (χ0) is 13.4. The van der Waals surface area contributed by atoms with E-state index in [1.165, 1.54) is 0 Å². The molecule has 3 aromatic rings. The van der Waals surface area contributed by atoms with Crippen LogP contribution in [0.15, 0.2) is 53.3 Å². The summed E-state index contributed by atoms with van der Waals surface area (Å²) in [5, 5.41) is 0.759. The number of benzene rings is 1. The molecule has 0 saturated carbocycles. The Morgan fingerprint density at radius 1 is 1.26 bits per heavy atom. The van der Waals surface area contributed by atoms with Crippen LogP contribution in [0.1, 0.15) is 10.4 Å². The molecule has 0 aliphatic rings. The lowest BCUT2D eigenvalue weighted by molar-refractivity contribution is 0.100. The van der Waals surface area contributed by atoms with Gasteiger partial charge in [-0.3, -0.25) is 4.79 Å². The lowest BCUT2D eigenvalue weighted by Crippen LogP contribution is -2.10. The molecule has 0 fully saturated rings. The molecule has 0 aliphatic heterocycles. The summed E-state index contributed by atoms with van der Waals surface area (Å²) in [5.41, 5.74) is 7.53. The summed E-state index contributed by atoms with van der Waals surface area (Å²) in [5.74, 6) is -0.452. The van der Waals surface area contributed by atoms with Gasteiger partial charge in [-0.25, -0.2) is 4.98 Å². The fourth-order valence-corrected chi connectivity index (χ4v) is 2.47. The summed E-state index contributed by atoms with van der Waals surface area (Å²) in [7, 11) is 0. The second-order valence-electron chi connectivity index (χ2n) is 4.13. The summed E-state index contributed by atoms with van der Waals surface area (Å²) < 4.78 is 2.82. The van der Waals surface area contributed by atoms with Crippen molar-refractivity contribution in [3.63, 3.8) is 0 Å². The SMILES string of the molecule is NC(=O)c1cn(-c2cccc(Br)c2)c2ncccc12. The molecule has 0 spiro atoms. The van der Waals surface area contributed by atoms with Crippen molar-refractivity contribution in [3.05, 3.63) is 58.8 Å². The Labute approximate surface area is 118 Å². The van der Waals surface area contributed by atoms with E-state index in [9.17, 15) is 4.79 Å². The molecule has 0 radical (unpaired) electrons. The lowest BCUT2D eigenvalue weighted by Gasteiger charge is -2.04. The van der Waals surface area contributed by atoms with E-state index in [-0.39, 0.29) is 0 Å². The van der Waals surface area contributed by atoms with Gasteiger partial charge < -0.3 is 10.3 Å². The maximum Gasteiger partial charge on any atom is 0.250 e. The van der Waals surface area contributed by atoms with Crippen LogP contribution in [-0.2, 0) is 0 Å². The number of rotatable bonds is 2. The Bertz CT molecular complexity index is 779. The predicted octanol–water partition coefficient (Wildman–Crippen LogP) is 2.89. The number of aromatic nitrogens is 2. The molecular formula is C14H10BrN3O. The van der Waals surface area contributed by atoms with Crippen LogP contribution >= 0.6 is 15.9 Å². The Kier molecular flexibility index (Phi) is 2.83. The largest absolute Gasteiger partial charge is 0.366 e. The Hall–Kier alpha value is -2.14. The molecule has 0 unspecified atom stereocenters. The minimum absolute atomic E-state index is 0.452. The first-order valence-corrected chi connectivity index (χ1v) is 6.48. The van der Waals surface area contributed by atoms with Gasteiger partial charge in [-0.1, -0.05) is 22.0 Å². The average molecular weight is 316 g/mol. The van der Waals surface area contributed by atoms with Crippen LogP contribution in [0, 0.1) is 0 Å². The first-order valence-electron chi connectivity index (χ1n) is 5.68. The van der Waals surface area contributed by atoms with Gasteiger partial charge in [0.2, 0.25) is 0 Å². The van der Waals surface area contributed by atoms with Crippen LogP contribution in [-0.4, -0.2) is 15.5 Å². The predicted molar refractivity (Wildman–Crippen MR) is 77.3 cm³/mol. The van der Waals surface area contributed by atoms with Gasteiger partial charge in [0, 0.05) is 27.9 Å². The number of amides is 1. The molecule has 2 heterocycles. The Morgan fingerprint density at radius 3 is 2.84 bits per heavy atom. The van der Waals surface area contributed by atoms with Crippen LogP contribution in [0.4, 0.5) is 0 Å². The molecule has 94 valence electrons. The smallest absolute Gasteiger partial charge is 0.250 e. The van der Waals surface area contributed by atoms with Crippen molar-refractivity contribution >= 4 is 32.9 Å². The van der Waals surface area contributed by atoms with Crippen molar-refractivity contribution in [2.45, 2.75) is 0 Å². The number of hydrogen-bond donors (Lipinski definition) is 1. The van der Waals surface area contributed by atoms with Gasteiger partial charge in [-0.2, -0.15) is 0 Å². The van der Waals surface area contributed by atoms with E-state index in [1.807, 2.05) is 34.9 Å². The van der Waals surface area contributed by atoms with Crippen molar-refractivity contribution in [1.82, 2.24) is 9.55 Å². The van der Waals surface area contributed by atoms with Gasteiger partial charge in [-0.05, 0) is 30.3 Å². The van der Waals surface area contributed by atoms with E-state index in [0.29, 0.717) is 5.56 Å². The summed E-state index contributed by atoms with van der Waals surface area (Å²) >= 11 is 3.43. The van der Waals surface area contributed by atoms with Crippen LogP contribution in [0.25, 0.3) is 16.7 Å². The third kappa shape index (κ3) is 2.02. The molecule has 2 aromatic heterocycles. The second kappa shape index (κ2) is 4.51. The minimum Gasteiger partial charge on any atom is -0.366 e. The fourth-order valence-electron chi connectivity index (χ4n) is 2.08. The van der Waals surface area contributed by atoms with Crippen molar-refractivity contribution in [2.75, 3.05) is 0 Å². The van der Waals surface area contributed by atoms with Crippen molar-refractivity contribution in [3.8, 4) is 5.69 Å². The van der Waals surface area contributed by atoms with Crippen LogP contribution in [0.5, 0.6) is 0 Å². The van der Waals surface area contributed by atoms with E-state index >= 15 is 0 Å². The molecule has 4 nitrogen and oxygen atoms in total. The lowest BCUT2D eigenvalue weighted by atomic mass is 10.2. The highest BCUT2D eigenvalue weighted by Gasteiger charge is 2.14. The fraction of sp³-hybridized carbons (Fsp3) is 0. The third-order valence-electron chi connectivity index (χ3n) is 2.92. The van der Waals surface area contributed by atoms with Crippen LogP contribution in [0.2, 0.25) is 0 Å². The summed E-state index contributed by atoms with van der Waals surface area (Å²) in [4.78, 5) is 15.8. The average Bonchev–Trinajstić information content (AvgIpc) is 2.78. The molecule has 19 heavy (non-hydrogen) atoms. The third-order valence-corrected chi connectivity index (χ3v) is 3.41. The number of halogens is 1. The number of hydrogen-bond acceptors (Lipinski definition) is 2. The standard InChI is InChI=1S/C14H10BrN3O/c15-9-3-1-4-10(7-9)18-8-12(13(16)19)11-5-2-6-17-14(11)18/h1-8H,(H2,16,19). The highest BCUT2D eigenvalue weighted by molar-refractivity contribution is 9.10. The maximum absolute atomic E-state index is 11.5. The van der Waals surface area contributed by atoms with Crippen molar-refractivity contribution in [1.29, 1.82) is 0 Å². The van der Waals surface area contributed by atoms with E-state index in [4.69, 9.17) is 5.73 Å². The van der Waals surface area contributed by atoms with Crippen molar-refractivity contribution in [2.24, 2.45) is 5.73 Å². The highest BCUT2D eigenvalue weighted by atomic mass is 79.9. The first-order chi connectivity index (χ1) is 9.16. The van der Waals surface area contributed by atoms with E-state index < -0.39 is 5.91 Å². The normalized spacial score (nSPS) is 10.8. The van der Waals surface area contributed by atoms with Crippen LogP contribution < -0.4 is 5.73 Å². The van der Waals surface area contributed by atoms with E-state index in [2.05, 4.69) is 20.9 Å². The molecule has 1 amide bonds. The summed E-state index contributed by atoms with van der Waals surface area (Å²) in [6.45, 7) is 0. The van der Waals surface area contributed by atoms with Gasteiger partial charge in [-0.15, -0.1) is 0 Å². The van der Waals surface area contributed by atoms with Gasteiger partial charge in [0.25, 0.3) is 5.91 Å². The number of pyridine rings is 1. The Morgan fingerprint density at radius 2 is 2.11 bits per heavy atom. The molecule has 2 N–H and O–H groups in total. The van der Waals surface area contributed by atoms with Gasteiger partial charge in [0.15, 0.2) is 0 Å². The van der Waals surface area contributed by atoms with Crippen LogP contribution in [0.3, 0.4) is 0 Å². The quantitative estimate of drug-likeness (QED) is 0.790. The molecule has 0 aliphatic carbocycles. The first kappa shape index (κ1) is 11.9. The molecule has 0 saturated heterocycles. The number of carbonyl (C=O) groups excluding carboxylic acids is 1. The Balaban J connectivity index is 2.33. The summed E-state index contributed by atoms with van der Waals surface area (Å²) in [6, 6.07) is 11.4. The monoisotopic (exact) mass is 315 g/mol. The minimum atomic E-state index is -0.452. The summed E-state index contributed by atoms with van der Waals surface area (Å²) in [6.07, 6.45) is 3.42. The maximum atomic E-state index is 11.5. The van der Waals surface area contributed by atoms with Gasteiger partial charge in [0.05, 0.1) is 5.56 Å². The molecule has 1 aromatic carbocycles. The van der Waals surface area contributed by atoms with Crippen molar-refractivity contribution < 1.29 is 4.79 Å². The van der Waals surface area contributed by atoms with Gasteiger partial charge >= 0.3 is 0 Å². The number of nitrogens with two attached hydrogens (primary N) is 1. The van der Waals surface area contributed by atoms with Gasteiger partial charge in [0.1, 0.15) is 5.65 Å². The molecule has 3 rings (SSSR count). The molecular weight excluding hydrogens is 306 g/mol. The zero-order valence-electron chi connectivity index (χ0n) is 9.88. The topological polar surface area (TPSA) is 60.9 Å². The van der Waals surface area contributed by atoms with E-state index in [1.54, 1.807) is 18.5 Å². The second-order valence-corrected chi connectivity index (χ2v) is 5.05. The highest BCUT2D eigenvalue weighted by Crippen LogP contribution is 2.24. The number of fused-ring (bicyclic) bond motifs is 1. The molecule has 0 atom stereocenters. The van der Waals surface area contributed by atoms with E-state index in [0.717, 1.165) is 21.2 Å². The molecule has 0 bridgehead atoms. The number of carbonyl (C=O) groups is 1. The number of primary amides is 1. The number of nitrogens with zero attached hydrogens (tertiary/aromatic N) is 2. The molecule has 5 heteroatoms. The zero-order valence-corrected chi connectivity index (χ0v) is 11.5.